The van der Waals surface area contributed by atoms with Gasteiger partial charge >= 0.3 is 5.97 Å². The fourth-order valence-electron chi connectivity index (χ4n) is 3.02. The molecule has 0 saturated heterocycles. The summed E-state index contributed by atoms with van der Waals surface area (Å²) in [5.41, 5.74) is 1.64. The highest BCUT2D eigenvalue weighted by atomic mass is 35.5. The summed E-state index contributed by atoms with van der Waals surface area (Å²) in [6, 6.07) is 18.9. The first kappa shape index (κ1) is 25.2. The van der Waals surface area contributed by atoms with Gasteiger partial charge in [-0.3, -0.25) is 4.79 Å². The lowest BCUT2D eigenvalue weighted by Crippen LogP contribution is -2.27. The van der Waals surface area contributed by atoms with E-state index in [1.54, 1.807) is 19.1 Å². The van der Waals surface area contributed by atoms with Gasteiger partial charge < -0.3 is 14.8 Å². The lowest BCUT2D eigenvalue weighted by Gasteiger charge is -2.15. The number of hydrogen-bond donors (Lipinski definition) is 2. The largest absolute Gasteiger partial charge is 0.482 e. The number of sulfonamides is 1. The Kier molecular flexibility index (Phi) is 8.27. The number of benzene rings is 3. The van der Waals surface area contributed by atoms with Crippen molar-refractivity contribution in [2.75, 3.05) is 19.0 Å². The first-order valence-corrected chi connectivity index (χ1v) is 12.0. The second kappa shape index (κ2) is 11.1. The molecule has 3 aromatic carbocycles. The van der Waals surface area contributed by atoms with E-state index in [9.17, 15) is 18.0 Å². The summed E-state index contributed by atoms with van der Waals surface area (Å²) in [5.74, 6) is -0.782. The zero-order chi connectivity index (χ0) is 24.7. The SMILES string of the molecule is COC(=O)c1ccc(NC(=O)COc2ccc(S(=O)(=O)N[C@H](C)c3ccccc3)cc2Cl)cc1. The third kappa shape index (κ3) is 6.57. The van der Waals surface area contributed by atoms with Gasteiger partial charge in [-0.25, -0.2) is 17.9 Å². The lowest BCUT2D eigenvalue weighted by atomic mass is 10.1. The molecule has 3 rings (SSSR count). The maximum absolute atomic E-state index is 12.7. The number of hydrogen-bond acceptors (Lipinski definition) is 6. The average molecular weight is 503 g/mol. The van der Waals surface area contributed by atoms with Crippen LogP contribution in [-0.4, -0.2) is 34.0 Å². The van der Waals surface area contributed by atoms with Gasteiger partial charge in [-0.2, -0.15) is 0 Å². The van der Waals surface area contributed by atoms with E-state index >= 15 is 0 Å². The van der Waals surface area contributed by atoms with Crippen LogP contribution in [-0.2, 0) is 19.6 Å². The lowest BCUT2D eigenvalue weighted by molar-refractivity contribution is -0.118. The van der Waals surface area contributed by atoms with Gasteiger partial charge in [0.25, 0.3) is 5.91 Å². The molecule has 2 N–H and O–H groups in total. The van der Waals surface area contributed by atoms with Gasteiger partial charge in [-0.15, -0.1) is 0 Å². The Labute approximate surface area is 202 Å². The van der Waals surface area contributed by atoms with Crippen LogP contribution in [0.4, 0.5) is 5.69 Å². The Morgan fingerprint density at radius 3 is 2.29 bits per heavy atom. The van der Waals surface area contributed by atoms with Crippen molar-refractivity contribution in [3.63, 3.8) is 0 Å². The zero-order valence-corrected chi connectivity index (χ0v) is 20.0. The highest BCUT2D eigenvalue weighted by molar-refractivity contribution is 7.89. The quantitative estimate of drug-likeness (QED) is 0.424. The molecule has 0 radical (unpaired) electrons. The van der Waals surface area contributed by atoms with Crippen LogP contribution in [0.25, 0.3) is 0 Å². The molecular formula is C24H23ClN2O6S. The number of anilines is 1. The number of carbonyl (C=O) groups is 2. The Bertz CT molecular complexity index is 1260. The molecule has 0 bridgehead atoms. The fourth-order valence-corrected chi connectivity index (χ4v) is 4.58. The smallest absolute Gasteiger partial charge is 0.337 e. The van der Waals surface area contributed by atoms with Crippen molar-refractivity contribution in [2.24, 2.45) is 0 Å². The number of nitrogens with one attached hydrogen (secondary N) is 2. The molecule has 0 spiro atoms. The van der Waals surface area contributed by atoms with Gasteiger partial charge in [0.15, 0.2) is 6.61 Å². The number of halogens is 1. The molecule has 8 nitrogen and oxygen atoms in total. The van der Waals surface area contributed by atoms with Gasteiger partial charge in [-0.05, 0) is 55.0 Å². The van der Waals surface area contributed by atoms with Crippen molar-refractivity contribution in [1.29, 1.82) is 0 Å². The van der Waals surface area contributed by atoms with E-state index in [0.717, 1.165) is 5.56 Å². The van der Waals surface area contributed by atoms with E-state index in [-0.39, 0.29) is 22.3 Å². The van der Waals surface area contributed by atoms with Gasteiger partial charge in [0.05, 0.1) is 22.6 Å². The van der Waals surface area contributed by atoms with Crippen LogP contribution in [0, 0.1) is 0 Å². The molecular weight excluding hydrogens is 480 g/mol. The molecule has 0 aliphatic rings. The second-order valence-corrected chi connectivity index (χ2v) is 9.37. The zero-order valence-electron chi connectivity index (χ0n) is 18.4. The molecule has 0 aliphatic carbocycles. The van der Waals surface area contributed by atoms with Gasteiger partial charge in [0.2, 0.25) is 10.0 Å². The monoisotopic (exact) mass is 502 g/mol. The number of ether oxygens (including phenoxy) is 2. The van der Waals surface area contributed by atoms with E-state index in [1.807, 2.05) is 30.3 Å². The summed E-state index contributed by atoms with van der Waals surface area (Å²) < 4.78 is 38.1. The summed E-state index contributed by atoms with van der Waals surface area (Å²) >= 11 is 6.20. The number of carbonyl (C=O) groups excluding carboxylic acids is 2. The summed E-state index contributed by atoms with van der Waals surface area (Å²) in [6.45, 7) is 1.39. The van der Waals surface area contributed by atoms with Crippen LogP contribution in [0.2, 0.25) is 5.02 Å². The molecule has 34 heavy (non-hydrogen) atoms. The molecule has 1 amide bonds. The fraction of sp³-hybridized carbons (Fsp3) is 0.167. The minimum atomic E-state index is -3.83. The highest BCUT2D eigenvalue weighted by Gasteiger charge is 2.20. The average Bonchev–Trinajstić information content (AvgIpc) is 2.83. The minimum Gasteiger partial charge on any atom is -0.482 e. The summed E-state index contributed by atoms with van der Waals surface area (Å²) in [4.78, 5) is 23.6. The molecule has 3 aromatic rings. The first-order chi connectivity index (χ1) is 16.2. The van der Waals surface area contributed by atoms with Gasteiger partial charge in [0.1, 0.15) is 5.75 Å². The molecule has 1 atom stereocenters. The highest BCUT2D eigenvalue weighted by Crippen LogP contribution is 2.28. The maximum atomic E-state index is 12.7. The Morgan fingerprint density at radius 1 is 1.00 bits per heavy atom. The van der Waals surface area contributed by atoms with Crippen molar-refractivity contribution in [1.82, 2.24) is 4.72 Å². The number of methoxy groups -OCH3 is 1. The second-order valence-electron chi connectivity index (χ2n) is 7.25. The molecule has 0 fully saturated rings. The van der Waals surface area contributed by atoms with Crippen LogP contribution in [0.5, 0.6) is 5.75 Å². The van der Waals surface area contributed by atoms with Crippen molar-refractivity contribution in [2.45, 2.75) is 17.9 Å². The molecule has 0 aromatic heterocycles. The summed E-state index contributed by atoms with van der Waals surface area (Å²) in [7, 11) is -2.55. The Morgan fingerprint density at radius 2 is 1.68 bits per heavy atom. The number of rotatable bonds is 9. The number of amides is 1. The third-order valence-corrected chi connectivity index (χ3v) is 6.63. The van der Waals surface area contributed by atoms with E-state index in [1.165, 1.54) is 37.4 Å². The van der Waals surface area contributed by atoms with E-state index in [4.69, 9.17) is 16.3 Å². The summed E-state index contributed by atoms with van der Waals surface area (Å²) in [5, 5.41) is 2.67. The molecule has 0 heterocycles. The van der Waals surface area contributed by atoms with Crippen molar-refractivity contribution in [3.05, 3.63) is 88.9 Å². The van der Waals surface area contributed by atoms with Crippen LogP contribution in [0.3, 0.4) is 0 Å². The Hall–Kier alpha value is -3.40. The van der Waals surface area contributed by atoms with Crippen LogP contribution in [0.15, 0.2) is 77.7 Å². The molecule has 0 unspecified atom stereocenters. The molecule has 10 heteroatoms. The third-order valence-electron chi connectivity index (χ3n) is 4.79. The normalized spacial score (nSPS) is 12.0. The Balaban J connectivity index is 1.59. The van der Waals surface area contributed by atoms with Crippen LogP contribution in [0.1, 0.15) is 28.9 Å². The molecule has 178 valence electrons. The van der Waals surface area contributed by atoms with Crippen LogP contribution >= 0.6 is 11.6 Å². The van der Waals surface area contributed by atoms with Crippen molar-refractivity contribution >= 4 is 39.2 Å². The molecule has 0 aliphatic heterocycles. The topological polar surface area (TPSA) is 111 Å². The van der Waals surface area contributed by atoms with E-state index in [0.29, 0.717) is 11.3 Å². The predicted molar refractivity (Wildman–Crippen MR) is 129 cm³/mol. The van der Waals surface area contributed by atoms with Crippen molar-refractivity contribution < 1.29 is 27.5 Å². The summed E-state index contributed by atoms with van der Waals surface area (Å²) in [6.07, 6.45) is 0. The van der Waals surface area contributed by atoms with Gasteiger partial charge in [-0.1, -0.05) is 41.9 Å². The maximum Gasteiger partial charge on any atom is 0.337 e. The van der Waals surface area contributed by atoms with Crippen LogP contribution < -0.4 is 14.8 Å². The number of esters is 1. The van der Waals surface area contributed by atoms with E-state index < -0.39 is 27.9 Å². The van der Waals surface area contributed by atoms with E-state index in [2.05, 4.69) is 14.8 Å². The predicted octanol–water partition coefficient (Wildman–Crippen LogP) is 4.18. The first-order valence-electron chi connectivity index (χ1n) is 10.2. The van der Waals surface area contributed by atoms with Crippen molar-refractivity contribution in [3.8, 4) is 5.75 Å². The standard InChI is InChI=1S/C24H23ClN2O6S/c1-16(17-6-4-3-5-7-17)27-34(30,31)20-12-13-22(21(25)14-20)33-15-23(28)26-19-10-8-18(9-11-19)24(29)32-2/h3-14,16,27H,15H2,1-2H3,(H,26,28)/t16-/m1/s1. The minimum absolute atomic E-state index is 0.0252. The van der Waals surface area contributed by atoms with Gasteiger partial charge in [0, 0.05) is 11.7 Å². The molecule has 0 saturated carbocycles.